The predicted octanol–water partition coefficient (Wildman–Crippen LogP) is 2.36. The van der Waals surface area contributed by atoms with E-state index in [0.29, 0.717) is 11.3 Å². The number of non-ortho nitro benzene ring substituents is 1. The van der Waals surface area contributed by atoms with Gasteiger partial charge in [-0.1, -0.05) is 0 Å². The van der Waals surface area contributed by atoms with Gasteiger partial charge >= 0.3 is 0 Å². The van der Waals surface area contributed by atoms with Gasteiger partial charge in [0, 0.05) is 23.5 Å². The minimum atomic E-state index is -0.464. The number of hydrogen-bond donors (Lipinski definition) is 1. The van der Waals surface area contributed by atoms with Gasteiger partial charge in [-0.3, -0.25) is 19.6 Å². The highest BCUT2D eigenvalue weighted by atomic mass is 16.6. The van der Waals surface area contributed by atoms with E-state index in [1.807, 2.05) is 19.9 Å². The van der Waals surface area contributed by atoms with Crippen molar-refractivity contribution in [2.75, 3.05) is 5.32 Å². The molecule has 1 heterocycles. The average molecular weight is 288 g/mol. The van der Waals surface area contributed by atoms with Crippen molar-refractivity contribution in [1.82, 2.24) is 9.78 Å². The molecule has 1 aromatic heterocycles. The van der Waals surface area contributed by atoms with Crippen molar-refractivity contribution in [1.29, 1.82) is 0 Å². The van der Waals surface area contributed by atoms with Crippen LogP contribution in [-0.2, 0) is 11.3 Å². The molecule has 0 aliphatic rings. The summed E-state index contributed by atoms with van der Waals surface area (Å²) in [6.45, 7) is 5.56. The number of nitrogens with one attached hydrogen (secondary N) is 1. The van der Waals surface area contributed by atoms with E-state index in [-0.39, 0.29) is 18.1 Å². The molecule has 0 atom stereocenters. The van der Waals surface area contributed by atoms with E-state index in [0.717, 1.165) is 11.4 Å². The van der Waals surface area contributed by atoms with E-state index >= 15 is 0 Å². The van der Waals surface area contributed by atoms with Gasteiger partial charge in [0.2, 0.25) is 5.91 Å². The summed E-state index contributed by atoms with van der Waals surface area (Å²) >= 11 is 0. The maximum atomic E-state index is 12.0. The van der Waals surface area contributed by atoms with Crippen LogP contribution in [-0.4, -0.2) is 20.6 Å². The number of rotatable bonds is 4. The van der Waals surface area contributed by atoms with Crippen LogP contribution in [0.3, 0.4) is 0 Å². The van der Waals surface area contributed by atoms with Gasteiger partial charge in [-0.15, -0.1) is 0 Å². The summed E-state index contributed by atoms with van der Waals surface area (Å²) in [5.74, 6) is -0.224. The molecule has 110 valence electrons. The van der Waals surface area contributed by atoms with E-state index in [1.165, 1.54) is 18.2 Å². The van der Waals surface area contributed by atoms with Crippen LogP contribution in [0.4, 0.5) is 11.4 Å². The first-order chi connectivity index (χ1) is 9.86. The van der Waals surface area contributed by atoms with Gasteiger partial charge in [-0.25, -0.2) is 0 Å². The summed E-state index contributed by atoms with van der Waals surface area (Å²) in [6, 6.07) is 6.22. The molecule has 21 heavy (non-hydrogen) atoms. The first-order valence-electron chi connectivity index (χ1n) is 6.43. The lowest BCUT2D eigenvalue weighted by molar-refractivity contribution is -0.384. The summed E-state index contributed by atoms with van der Waals surface area (Å²) < 4.78 is 1.62. The summed E-state index contributed by atoms with van der Waals surface area (Å²) in [5, 5.41) is 17.6. The topological polar surface area (TPSA) is 90.1 Å². The average Bonchev–Trinajstić information content (AvgIpc) is 2.70. The number of anilines is 1. The first-order valence-corrected chi connectivity index (χ1v) is 6.43. The number of carbonyl (C=O) groups is 1. The standard InChI is InChI=1S/C14H16N4O3/c1-9-6-12(18(20)21)4-5-13(9)15-14(19)8-17-11(3)7-10(2)16-17/h4-7H,8H2,1-3H3,(H,15,19). The molecule has 0 radical (unpaired) electrons. The van der Waals surface area contributed by atoms with Crippen molar-refractivity contribution in [2.24, 2.45) is 0 Å². The fourth-order valence-corrected chi connectivity index (χ4v) is 2.06. The SMILES string of the molecule is Cc1cc(C)n(CC(=O)Nc2ccc([N+](=O)[O-])cc2C)n1. The van der Waals surface area contributed by atoms with Crippen LogP contribution < -0.4 is 5.32 Å². The van der Waals surface area contributed by atoms with Gasteiger partial charge in [-0.2, -0.15) is 5.10 Å². The highest BCUT2D eigenvalue weighted by molar-refractivity contribution is 5.91. The second-order valence-corrected chi connectivity index (χ2v) is 4.89. The third-order valence-electron chi connectivity index (χ3n) is 3.09. The lowest BCUT2D eigenvalue weighted by Gasteiger charge is -2.09. The molecule has 1 aromatic carbocycles. The molecule has 1 N–H and O–H groups in total. The van der Waals surface area contributed by atoms with Crippen LogP contribution in [0.2, 0.25) is 0 Å². The number of nitrogens with zero attached hydrogens (tertiary/aromatic N) is 3. The van der Waals surface area contributed by atoms with Crippen molar-refractivity contribution in [3.63, 3.8) is 0 Å². The monoisotopic (exact) mass is 288 g/mol. The molecule has 0 spiro atoms. The van der Waals surface area contributed by atoms with E-state index in [9.17, 15) is 14.9 Å². The minimum Gasteiger partial charge on any atom is -0.324 e. The number of benzene rings is 1. The zero-order chi connectivity index (χ0) is 15.6. The smallest absolute Gasteiger partial charge is 0.269 e. The number of amides is 1. The zero-order valence-electron chi connectivity index (χ0n) is 12.1. The molecular weight excluding hydrogens is 272 g/mol. The van der Waals surface area contributed by atoms with Crippen LogP contribution in [0.25, 0.3) is 0 Å². The fraction of sp³-hybridized carbons (Fsp3) is 0.286. The third kappa shape index (κ3) is 3.44. The van der Waals surface area contributed by atoms with Gasteiger partial charge in [-0.05, 0) is 38.5 Å². The maximum absolute atomic E-state index is 12.0. The molecule has 7 nitrogen and oxygen atoms in total. The molecule has 0 fully saturated rings. The number of aromatic nitrogens is 2. The van der Waals surface area contributed by atoms with Crippen LogP contribution in [0, 0.1) is 30.9 Å². The Hall–Kier alpha value is -2.70. The van der Waals surface area contributed by atoms with Crippen LogP contribution in [0.5, 0.6) is 0 Å². The Kier molecular flexibility index (Phi) is 4.02. The molecule has 1 amide bonds. The highest BCUT2D eigenvalue weighted by Gasteiger charge is 2.11. The Morgan fingerprint density at radius 1 is 1.33 bits per heavy atom. The second-order valence-electron chi connectivity index (χ2n) is 4.89. The largest absolute Gasteiger partial charge is 0.324 e. The molecule has 0 unspecified atom stereocenters. The summed E-state index contributed by atoms with van der Waals surface area (Å²) in [6.07, 6.45) is 0. The fourth-order valence-electron chi connectivity index (χ4n) is 2.06. The minimum absolute atomic E-state index is 0.00374. The number of nitro benzene ring substituents is 1. The van der Waals surface area contributed by atoms with Gasteiger partial charge < -0.3 is 5.32 Å². The maximum Gasteiger partial charge on any atom is 0.269 e. The number of hydrogen-bond acceptors (Lipinski definition) is 4. The Balaban J connectivity index is 2.09. The summed E-state index contributed by atoms with van der Waals surface area (Å²) in [5.41, 5.74) is 2.97. The molecule has 0 saturated heterocycles. The molecule has 0 saturated carbocycles. The Labute approximate surface area is 121 Å². The van der Waals surface area contributed by atoms with Crippen molar-refractivity contribution in [2.45, 2.75) is 27.3 Å². The van der Waals surface area contributed by atoms with Crippen LogP contribution in [0.15, 0.2) is 24.3 Å². The van der Waals surface area contributed by atoms with Crippen LogP contribution >= 0.6 is 0 Å². The number of nitro groups is 1. The van der Waals surface area contributed by atoms with E-state index in [2.05, 4.69) is 10.4 Å². The Bertz CT molecular complexity index is 706. The molecule has 2 rings (SSSR count). The van der Waals surface area contributed by atoms with Crippen molar-refractivity contribution >= 4 is 17.3 Å². The van der Waals surface area contributed by atoms with E-state index < -0.39 is 4.92 Å². The Morgan fingerprint density at radius 2 is 2.05 bits per heavy atom. The van der Waals surface area contributed by atoms with Gasteiger partial charge in [0.1, 0.15) is 6.54 Å². The third-order valence-corrected chi connectivity index (χ3v) is 3.09. The normalized spacial score (nSPS) is 10.4. The van der Waals surface area contributed by atoms with E-state index in [1.54, 1.807) is 11.6 Å². The van der Waals surface area contributed by atoms with Gasteiger partial charge in [0.25, 0.3) is 5.69 Å². The number of carbonyl (C=O) groups excluding carboxylic acids is 1. The first kappa shape index (κ1) is 14.7. The number of aryl methyl sites for hydroxylation is 3. The quantitative estimate of drug-likeness (QED) is 0.690. The molecule has 0 bridgehead atoms. The lowest BCUT2D eigenvalue weighted by Crippen LogP contribution is -2.20. The van der Waals surface area contributed by atoms with E-state index in [4.69, 9.17) is 0 Å². The van der Waals surface area contributed by atoms with Crippen molar-refractivity contribution < 1.29 is 9.72 Å². The molecular formula is C14H16N4O3. The van der Waals surface area contributed by atoms with Crippen LogP contribution in [0.1, 0.15) is 17.0 Å². The summed E-state index contributed by atoms with van der Waals surface area (Å²) in [4.78, 5) is 22.2. The van der Waals surface area contributed by atoms with Gasteiger partial charge in [0.15, 0.2) is 0 Å². The Morgan fingerprint density at radius 3 is 2.57 bits per heavy atom. The van der Waals surface area contributed by atoms with Crippen molar-refractivity contribution in [3.8, 4) is 0 Å². The molecule has 7 heteroatoms. The zero-order valence-corrected chi connectivity index (χ0v) is 12.1. The summed E-state index contributed by atoms with van der Waals surface area (Å²) in [7, 11) is 0. The lowest BCUT2D eigenvalue weighted by atomic mass is 10.2. The van der Waals surface area contributed by atoms with Gasteiger partial charge in [0.05, 0.1) is 10.6 Å². The molecule has 0 aliphatic carbocycles. The molecule has 2 aromatic rings. The second kappa shape index (κ2) is 5.74. The predicted molar refractivity (Wildman–Crippen MR) is 78.2 cm³/mol. The molecule has 0 aliphatic heterocycles. The highest BCUT2D eigenvalue weighted by Crippen LogP contribution is 2.21. The van der Waals surface area contributed by atoms with Crippen molar-refractivity contribution in [3.05, 3.63) is 51.3 Å².